The number of pyridine rings is 1. The highest BCUT2D eigenvalue weighted by Crippen LogP contribution is 2.04. The molecule has 0 atom stereocenters. The summed E-state index contributed by atoms with van der Waals surface area (Å²) < 4.78 is 2.00. The van der Waals surface area contributed by atoms with E-state index in [4.69, 9.17) is 5.73 Å². The fraction of sp³-hybridized carbons (Fsp3) is 0.357. The van der Waals surface area contributed by atoms with Crippen molar-refractivity contribution in [3.8, 4) is 0 Å². The van der Waals surface area contributed by atoms with Crippen LogP contribution in [0.15, 0.2) is 41.5 Å². The summed E-state index contributed by atoms with van der Waals surface area (Å²) in [6, 6.07) is 5.87. The van der Waals surface area contributed by atoms with Gasteiger partial charge in [0.2, 0.25) is 0 Å². The minimum absolute atomic E-state index is 0.458. The van der Waals surface area contributed by atoms with Gasteiger partial charge >= 0.3 is 0 Å². The highest BCUT2D eigenvalue weighted by atomic mass is 15.2. The van der Waals surface area contributed by atoms with Crippen LogP contribution < -0.4 is 11.1 Å². The van der Waals surface area contributed by atoms with E-state index in [0.717, 1.165) is 36.4 Å². The highest BCUT2D eigenvalue weighted by molar-refractivity contribution is 5.77. The molecule has 0 aliphatic carbocycles. The zero-order chi connectivity index (χ0) is 14.4. The number of aromatic nitrogens is 3. The number of rotatable bonds is 6. The first-order valence-corrected chi connectivity index (χ1v) is 6.63. The summed E-state index contributed by atoms with van der Waals surface area (Å²) in [4.78, 5) is 4.16. The first-order valence-electron chi connectivity index (χ1n) is 6.63. The molecule has 0 fully saturated rings. The van der Waals surface area contributed by atoms with Crippen LogP contribution in [0.25, 0.3) is 5.65 Å². The molecule has 0 radical (unpaired) electrons. The van der Waals surface area contributed by atoms with Crippen LogP contribution in [0.5, 0.6) is 0 Å². The van der Waals surface area contributed by atoms with Gasteiger partial charge in [-0.3, -0.25) is 4.40 Å². The molecule has 0 aromatic carbocycles. The summed E-state index contributed by atoms with van der Waals surface area (Å²) in [7, 11) is 0. The molecule has 0 saturated heterocycles. The lowest BCUT2D eigenvalue weighted by Crippen LogP contribution is -2.32. The van der Waals surface area contributed by atoms with E-state index in [-0.39, 0.29) is 0 Å². The Morgan fingerprint density at radius 1 is 1.45 bits per heavy atom. The van der Waals surface area contributed by atoms with Gasteiger partial charge in [-0.05, 0) is 25.5 Å². The lowest BCUT2D eigenvalue weighted by atomic mass is 10.3. The number of nitrogens with one attached hydrogen (secondary N) is 1. The summed E-state index contributed by atoms with van der Waals surface area (Å²) in [5.74, 6) is 1.42. The predicted octanol–water partition coefficient (Wildman–Crippen LogP) is 1.14. The van der Waals surface area contributed by atoms with Crippen LogP contribution in [0.3, 0.4) is 0 Å². The molecule has 0 aliphatic heterocycles. The van der Waals surface area contributed by atoms with Gasteiger partial charge in [0.25, 0.3) is 0 Å². The average Bonchev–Trinajstić information content (AvgIpc) is 2.85. The van der Waals surface area contributed by atoms with Gasteiger partial charge in [-0.1, -0.05) is 18.2 Å². The van der Waals surface area contributed by atoms with Gasteiger partial charge in [0.05, 0.1) is 6.54 Å². The van der Waals surface area contributed by atoms with Gasteiger partial charge < -0.3 is 11.1 Å². The number of hydrogen-bond acceptors (Lipinski definition) is 3. The van der Waals surface area contributed by atoms with Crippen molar-refractivity contribution in [1.29, 1.82) is 0 Å². The third-order valence-corrected chi connectivity index (χ3v) is 2.79. The Hall–Kier alpha value is -2.37. The number of aliphatic imine (C=N–C) groups is 1. The lowest BCUT2D eigenvalue weighted by Gasteiger charge is -2.05. The molecule has 0 spiro atoms. The fourth-order valence-corrected chi connectivity index (χ4v) is 1.80. The average molecular weight is 272 g/mol. The van der Waals surface area contributed by atoms with E-state index in [2.05, 4.69) is 27.1 Å². The molecule has 20 heavy (non-hydrogen) atoms. The second-order valence-electron chi connectivity index (χ2n) is 4.73. The Bertz CT molecular complexity index is 613. The first kappa shape index (κ1) is 14.0. The smallest absolute Gasteiger partial charge is 0.188 e. The standard InChI is InChI=1S/C14H20N6/c1-11(2)10-17-14(15)16-8-5-7-13-19-18-12-6-3-4-9-20(12)13/h3-4,6,9H,1,5,7-8,10H2,2H3,(H3,15,16,17). The van der Waals surface area contributed by atoms with Gasteiger partial charge in [0.15, 0.2) is 11.6 Å². The normalized spacial score (nSPS) is 11.8. The molecular formula is C14H20N6. The van der Waals surface area contributed by atoms with Crippen molar-refractivity contribution in [3.63, 3.8) is 0 Å². The summed E-state index contributed by atoms with van der Waals surface area (Å²) in [6.45, 7) is 7.02. The Morgan fingerprint density at radius 2 is 2.30 bits per heavy atom. The van der Waals surface area contributed by atoms with Crippen molar-refractivity contribution in [2.24, 2.45) is 10.7 Å². The van der Waals surface area contributed by atoms with Crippen molar-refractivity contribution < 1.29 is 0 Å². The largest absolute Gasteiger partial charge is 0.370 e. The summed E-state index contributed by atoms with van der Waals surface area (Å²) in [5, 5.41) is 11.4. The van der Waals surface area contributed by atoms with Gasteiger partial charge in [0, 0.05) is 19.2 Å². The molecule has 3 N–H and O–H groups in total. The summed E-state index contributed by atoms with van der Waals surface area (Å²) in [6.07, 6.45) is 3.73. The Kier molecular flexibility index (Phi) is 4.70. The number of fused-ring (bicyclic) bond motifs is 1. The van der Waals surface area contributed by atoms with Crippen molar-refractivity contribution in [2.45, 2.75) is 19.8 Å². The van der Waals surface area contributed by atoms with Crippen LogP contribution in [0.2, 0.25) is 0 Å². The minimum Gasteiger partial charge on any atom is -0.370 e. The highest BCUT2D eigenvalue weighted by Gasteiger charge is 2.03. The SMILES string of the molecule is C=C(C)CN=C(N)NCCCc1nnc2ccccn12. The van der Waals surface area contributed by atoms with Gasteiger partial charge in [-0.2, -0.15) is 0 Å². The molecule has 2 heterocycles. The number of nitrogens with zero attached hydrogens (tertiary/aromatic N) is 4. The van der Waals surface area contributed by atoms with Gasteiger partial charge in [-0.15, -0.1) is 10.2 Å². The van der Waals surface area contributed by atoms with Crippen LogP contribution in [0.4, 0.5) is 0 Å². The zero-order valence-corrected chi connectivity index (χ0v) is 11.7. The van der Waals surface area contributed by atoms with E-state index in [0.29, 0.717) is 12.5 Å². The van der Waals surface area contributed by atoms with Crippen LogP contribution >= 0.6 is 0 Å². The van der Waals surface area contributed by atoms with Crippen molar-refractivity contribution in [1.82, 2.24) is 19.9 Å². The van der Waals surface area contributed by atoms with Gasteiger partial charge in [-0.25, -0.2) is 4.99 Å². The number of nitrogens with two attached hydrogens (primary N) is 1. The molecular weight excluding hydrogens is 252 g/mol. The number of hydrogen-bond donors (Lipinski definition) is 2. The predicted molar refractivity (Wildman–Crippen MR) is 80.6 cm³/mol. The molecule has 106 valence electrons. The monoisotopic (exact) mass is 272 g/mol. The molecule has 2 rings (SSSR count). The molecule has 0 aliphatic rings. The first-order chi connectivity index (χ1) is 9.66. The maximum absolute atomic E-state index is 5.74. The maximum atomic E-state index is 5.74. The lowest BCUT2D eigenvalue weighted by molar-refractivity contribution is 0.729. The van der Waals surface area contributed by atoms with Crippen molar-refractivity contribution >= 4 is 11.6 Å². The second-order valence-corrected chi connectivity index (χ2v) is 4.73. The maximum Gasteiger partial charge on any atom is 0.188 e. The Balaban J connectivity index is 1.79. The van der Waals surface area contributed by atoms with Crippen molar-refractivity contribution in [3.05, 3.63) is 42.4 Å². The Labute approximate surface area is 118 Å². The minimum atomic E-state index is 0.458. The third kappa shape index (κ3) is 3.81. The molecule has 0 amide bonds. The number of aryl methyl sites for hydroxylation is 1. The molecule has 6 nitrogen and oxygen atoms in total. The van der Waals surface area contributed by atoms with E-state index in [1.165, 1.54) is 0 Å². The topological polar surface area (TPSA) is 80.6 Å². The fourth-order valence-electron chi connectivity index (χ4n) is 1.80. The molecule has 0 unspecified atom stereocenters. The second kappa shape index (κ2) is 6.70. The van der Waals surface area contributed by atoms with Crippen LogP contribution in [-0.2, 0) is 6.42 Å². The molecule has 2 aromatic heterocycles. The van der Waals surface area contributed by atoms with Crippen LogP contribution in [0.1, 0.15) is 19.2 Å². The zero-order valence-electron chi connectivity index (χ0n) is 11.7. The molecule has 0 saturated carbocycles. The summed E-state index contributed by atoms with van der Waals surface area (Å²) >= 11 is 0. The van der Waals surface area contributed by atoms with E-state index in [9.17, 15) is 0 Å². The van der Waals surface area contributed by atoms with E-state index >= 15 is 0 Å². The van der Waals surface area contributed by atoms with E-state index < -0.39 is 0 Å². The third-order valence-electron chi connectivity index (χ3n) is 2.79. The van der Waals surface area contributed by atoms with Crippen molar-refractivity contribution in [2.75, 3.05) is 13.1 Å². The molecule has 0 bridgehead atoms. The quantitative estimate of drug-likeness (QED) is 0.358. The molecule has 6 heteroatoms. The number of guanidine groups is 1. The van der Waals surface area contributed by atoms with Crippen LogP contribution in [-0.4, -0.2) is 33.6 Å². The van der Waals surface area contributed by atoms with E-state index in [1.807, 2.05) is 35.7 Å². The summed E-state index contributed by atoms with van der Waals surface area (Å²) in [5.41, 5.74) is 7.60. The van der Waals surface area contributed by atoms with Gasteiger partial charge in [0.1, 0.15) is 5.82 Å². The van der Waals surface area contributed by atoms with E-state index in [1.54, 1.807) is 0 Å². The Morgan fingerprint density at radius 3 is 3.10 bits per heavy atom. The van der Waals surface area contributed by atoms with Crippen LogP contribution in [0, 0.1) is 0 Å². The molecule has 2 aromatic rings.